The number of aliphatic hydroxyl groups excluding tert-OH is 1. The number of rotatable bonds is 20. The molecular formula is C41H50N2O10S. The molecule has 1 aliphatic heterocycles. The topological polar surface area (TPSA) is 153 Å². The lowest BCUT2D eigenvalue weighted by atomic mass is 9.84. The Morgan fingerprint density at radius 3 is 1.59 bits per heavy atom. The molecule has 1 heterocycles. The van der Waals surface area contributed by atoms with E-state index >= 15 is 4.79 Å². The molecule has 0 radical (unpaired) electrons. The number of piperazine rings is 1. The van der Waals surface area contributed by atoms with Crippen molar-refractivity contribution in [3.05, 3.63) is 144 Å². The average Bonchev–Trinajstić information content (AvgIpc) is 3.19. The van der Waals surface area contributed by atoms with E-state index in [1.54, 1.807) is 48.5 Å². The normalized spacial score (nSPS) is 17.5. The minimum atomic E-state index is -4.52. The van der Waals surface area contributed by atoms with E-state index in [9.17, 15) is 18.6 Å². The standard InChI is InChI=1S/C41H50N2O10S/c1-32(44)40(46,31-49-27-33-15-7-3-8-16-33)37(50-28-34-17-9-4-10-18-34)38(51-29-35-19-11-5-12-20-35)41(53-54(2,47)48,39(45)43-25-23-42-24-26-43)52-30-36-21-13-6-14-22-36/h3-22,32,37-38,42,44,46H,23-31H2,1-2H3/t32-,37+,38+,40-,41-/m1/s1. The molecule has 0 unspecified atom stereocenters. The molecule has 12 nitrogen and oxygen atoms in total. The van der Waals surface area contributed by atoms with Gasteiger partial charge in [0.25, 0.3) is 21.8 Å². The largest absolute Gasteiger partial charge is 0.390 e. The van der Waals surface area contributed by atoms with Crippen molar-refractivity contribution in [2.45, 2.75) is 63.1 Å². The van der Waals surface area contributed by atoms with Crippen LogP contribution in [0.15, 0.2) is 121 Å². The zero-order valence-electron chi connectivity index (χ0n) is 30.7. The second kappa shape index (κ2) is 19.5. The molecular weight excluding hydrogens is 713 g/mol. The van der Waals surface area contributed by atoms with Gasteiger partial charge in [0.05, 0.1) is 45.4 Å². The fourth-order valence-corrected chi connectivity index (χ4v) is 6.87. The number of aliphatic hydroxyl groups is 2. The summed E-state index contributed by atoms with van der Waals surface area (Å²) in [6.07, 6.45) is -4.30. The van der Waals surface area contributed by atoms with E-state index in [-0.39, 0.29) is 39.5 Å². The predicted molar refractivity (Wildman–Crippen MR) is 202 cm³/mol. The van der Waals surface area contributed by atoms with Crippen LogP contribution in [0.2, 0.25) is 0 Å². The molecule has 13 heteroatoms. The number of nitrogens with zero attached hydrogens (tertiary/aromatic N) is 1. The molecule has 0 bridgehead atoms. The van der Waals surface area contributed by atoms with Gasteiger partial charge in [-0.25, -0.2) is 4.18 Å². The van der Waals surface area contributed by atoms with E-state index in [4.69, 9.17) is 23.1 Å². The minimum Gasteiger partial charge on any atom is -0.390 e. The number of hydrogen-bond donors (Lipinski definition) is 3. The van der Waals surface area contributed by atoms with Crippen LogP contribution in [-0.4, -0.2) is 98.2 Å². The predicted octanol–water partition coefficient (Wildman–Crippen LogP) is 3.81. The van der Waals surface area contributed by atoms with E-state index in [1.165, 1.54) is 11.8 Å². The molecule has 4 aromatic carbocycles. The van der Waals surface area contributed by atoms with Crippen molar-refractivity contribution < 1.29 is 46.6 Å². The average molecular weight is 763 g/mol. The van der Waals surface area contributed by atoms with Gasteiger partial charge < -0.3 is 39.4 Å². The van der Waals surface area contributed by atoms with E-state index < -0.39 is 52.3 Å². The molecule has 1 fully saturated rings. The molecule has 1 saturated heterocycles. The zero-order chi connectivity index (χ0) is 38.4. The van der Waals surface area contributed by atoms with Crippen molar-refractivity contribution in [3.63, 3.8) is 0 Å². The lowest BCUT2D eigenvalue weighted by Gasteiger charge is -2.48. The van der Waals surface area contributed by atoms with Crippen molar-refractivity contribution >= 4 is 16.0 Å². The summed E-state index contributed by atoms with van der Waals surface area (Å²) in [4.78, 5) is 16.6. The van der Waals surface area contributed by atoms with Crippen molar-refractivity contribution in [1.29, 1.82) is 0 Å². The number of carbonyl (C=O) groups is 1. The number of ether oxygens (including phenoxy) is 4. The van der Waals surface area contributed by atoms with Crippen LogP contribution in [0.3, 0.4) is 0 Å². The number of carbonyl (C=O) groups excluding carboxylic acids is 1. The Kier molecular flexibility index (Phi) is 14.9. The van der Waals surface area contributed by atoms with E-state index in [1.807, 2.05) is 72.8 Å². The Labute approximate surface area is 317 Å². The Morgan fingerprint density at radius 1 is 0.722 bits per heavy atom. The number of benzene rings is 4. The fraction of sp³-hybridized carbons (Fsp3) is 0.390. The lowest BCUT2D eigenvalue weighted by Crippen LogP contribution is -2.71. The number of hydrogen-bond acceptors (Lipinski definition) is 11. The molecule has 1 aliphatic rings. The van der Waals surface area contributed by atoms with Crippen molar-refractivity contribution in [1.82, 2.24) is 10.2 Å². The highest BCUT2D eigenvalue weighted by Crippen LogP contribution is 2.37. The molecule has 5 atom stereocenters. The first-order chi connectivity index (χ1) is 26.0. The Hall–Kier alpha value is -4.02. The highest BCUT2D eigenvalue weighted by Gasteiger charge is 2.62. The molecule has 4 aromatic rings. The monoisotopic (exact) mass is 762 g/mol. The quantitative estimate of drug-likeness (QED) is 0.0891. The van der Waals surface area contributed by atoms with Gasteiger partial charge in [-0.2, -0.15) is 8.42 Å². The summed E-state index contributed by atoms with van der Waals surface area (Å²) in [5.74, 6) is -3.63. The molecule has 5 rings (SSSR count). The van der Waals surface area contributed by atoms with Crippen molar-refractivity contribution in [3.8, 4) is 0 Å². The minimum absolute atomic E-state index is 0.0615. The van der Waals surface area contributed by atoms with E-state index in [0.717, 1.165) is 11.8 Å². The maximum absolute atomic E-state index is 15.1. The molecule has 0 saturated carbocycles. The first kappa shape index (κ1) is 41.1. The molecule has 0 spiro atoms. The molecule has 0 aromatic heterocycles. The highest BCUT2D eigenvalue weighted by atomic mass is 32.2. The van der Waals surface area contributed by atoms with Gasteiger partial charge in [-0.3, -0.25) is 4.79 Å². The number of amides is 1. The maximum atomic E-state index is 15.1. The Bertz CT molecular complexity index is 1810. The zero-order valence-corrected chi connectivity index (χ0v) is 31.5. The maximum Gasteiger partial charge on any atom is 0.295 e. The molecule has 0 aliphatic carbocycles. The molecule has 3 N–H and O–H groups in total. The highest BCUT2D eigenvalue weighted by molar-refractivity contribution is 7.86. The summed E-state index contributed by atoms with van der Waals surface area (Å²) >= 11 is 0. The van der Waals surface area contributed by atoms with Crippen LogP contribution in [0.1, 0.15) is 29.2 Å². The van der Waals surface area contributed by atoms with Gasteiger partial charge in [0.2, 0.25) is 0 Å². The third-order valence-corrected chi connectivity index (χ3v) is 9.68. The summed E-state index contributed by atoms with van der Waals surface area (Å²) in [5, 5.41) is 27.4. The summed E-state index contributed by atoms with van der Waals surface area (Å²) in [5.41, 5.74) is 0.426. The lowest BCUT2D eigenvalue weighted by molar-refractivity contribution is -0.305. The summed E-state index contributed by atoms with van der Waals surface area (Å²) in [6.45, 7) is 1.54. The van der Waals surface area contributed by atoms with Crippen LogP contribution >= 0.6 is 0 Å². The van der Waals surface area contributed by atoms with Gasteiger partial charge in [0.15, 0.2) is 6.10 Å². The van der Waals surface area contributed by atoms with Crippen LogP contribution < -0.4 is 5.32 Å². The van der Waals surface area contributed by atoms with Crippen molar-refractivity contribution in [2.75, 3.05) is 39.0 Å². The van der Waals surface area contributed by atoms with Gasteiger partial charge in [-0.1, -0.05) is 121 Å². The van der Waals surface area contributed by atoms with Crippen LogP contribution in [0.4, 0.5) is 0 Å². The van der Waals surface area contributed by atoms with Gasteiger partial charge in [-0.05, 0) is 29.2 Å². The van der Waals surface area contributed by atoms with Crippen LogP contribution in [-0.2, 0) is 64.5 Å². The molecule has 1 amide bonds. The molecule has 290 valence electrons. The summed E-state index contributed by atoms with van der Waals surface area (Å²) in [7, 11) is -4.52. The van der Waals surface area contributed by atoms with E-state index in [2.05, 4.69) is 5.32 Å². The first-order valence-corrected chi connectivity index (χ1v) is 19.7. The second-order valence-corrected chi connectivity index (χ2v) is 14.9. The first-order valence-electron chi connectivity index (χ1n) is 17.9. The summed E-state index contributed by atoms with van der Waals surface area (Å²) < 4.78 is 58.5. The Morgan fingerprint density at radius 2 is 1.15 bits per heavy atom. The summed E-state index contributed by atoms with van der Waals surface area (Å²) in [6, 6.07) is 36.3. The number of nitrogens with one attached hydrogen (secondary N) is 1. The van der Waals surface area contributed by atoms with Crippen LogP contribution in [0.5, 0.6) is 0 Å². The van der Waals surface area contributed by atoms with Gasteiger partial charge in [0.1, 0.15) is 11.7 Å². The van der Waals surface area contributed by atoms with Crippen LogP contribution in [0, 0.1) is 0 Å². The smallest absolute Gasteiger partial charge is 0.295 e. The Balaban J connectivity index is 1.69. The van der Waals surface area contributed by atoms with E-state index in [0.29, 0.717) is 29.8 Å². The van der Waals surface area contributed by atoms with Crippen molar-refractivity contribution in [2.24, 2.45) is 0 Å². The molecule has 54 heavy (non-hydrogen) atoms. The second-order valence-electron chi connectivity index (χ2n) is 13.4. The van der Waals surface area contributed by atoms with Crippen LogP contribution in [0.25, 0.3) is 0 Å². The SMILES string of the molecule is C[C@@H](O)[C@](O)(COCc1ccccc1)[C@@H](OCc1ccccc1)[C@H](OCc1ccccc1)[C@@](OCc1ccccc1)(OS(C)(=O)=O)C(=O)N1CCNCC1. The van der Waals surface area contributed by atoms with Gasteiger partial charge in [-0.15, -0.1) is 0 Å². The third kappa shape index (κ3) is 11.3. The van der Waals surface area contributed by atoms with Gasteiger partial charge >= 0.3 is 0 Å². The third-order valence-electron chi connectivity index (χ3n) is 9.13. The van der Waals surface area contributed by atoms with Gasteiger partial charge in [0, 0.05) is 26.2 Å². The fourth-order valence-electron chi connectivity index (χ4n) is 6.21.